The predicted octanol–water partition coefficient (Wildman–Crippen LogP) is 1.72. The molecular formula is C18H31N3O2. The van der Waals surface area contributed by atoms with Crippen LogP contribution in [0.1, 0.15) is 51.9 Å². The van der Waals surface area contributed by atoms with E-state index in [4.69, 9.17) is 0 Å². The summed E-state index contributed by atoms with van der Waals surface area (Å²) in [6.07, 6.45) is 7.68. The van der Waals surface area contributed by atoms with Crippen LogP contribution in [0.2, 0.25) is 0 Å². The number of carbonyl (C=O) groups is 2. The molecule has 0 radical (unpaired) electrons. The van der Waals surface area contributed by atoms with Crippen LogP contribution >= 0.6 is 0 Å². The van der Waals surface area contributed by atoms with Crippen LogP contribution in [0.15, 0.2) is 0 Å². The van der Waals surface area contributed by atoms with E-state index >= 15 is 0 Å². The SMILES string of the molecule is CC(C(=O)N1CCCCC1)N1CCC(C(=O)N2CCCC2)CC1. The van der Waals surface area contributed by atoms with Crippen molar-refractivity contribution in [1.82, 2.24) is 14.7 Å². The summed E-state index contributed by atoms with van der Waals surface area (Å²) in [5.41, 5.74) is 0. The smallest absolute Gasteiger partial charge is 0.239 e. The second-order valence-electron chi connectivity index (χ2n) is 7.40. The molecule has 1 atom stereocenters. The van der Waals surface area contributed by atoms with Crippen molar-refractivity contribution in [3.05, 3.63) is 0 Å². The normalized spacial score (nSPS) is 25.6. The first kappa shape index (κ1) is 16.7. The fourth-order valence-electron chi connectivity index (χ4n) is 4.26. The molecular weight excluding hydrogens is 290 g/mol. The maximum Gasteiger partial charge on any atom is 0.239 e. The van der Waals surface area contributed by atoms with Gasteiger partial charge in [0.2, 0.25) is 11.8 Å². The molecule has 0 spiro atoms. The number of piperidine rings is 2. The zero-order valence-corrected chi connectivity index (χ0v) is 14.5. The van der Waals surface area contributed by atoms with Gasteiger partial charge in [-0.3, -0.25) is 14.5 Å². The number of rotatable bonds is 3. The third-order valence-corrected chi connectivity index (χ3v) is 5.87. The minimum atomic E-state index is -0.0315. The van der Waals surface area contributed by atoms with Crippen LogP contribution in [0.3, 0.4) is 0 Å². The summed E-state index contributed by atoms with van der Waals surface area (Å²) in [6, 6.07) is -0.0315. The minimum Gasteiger partial charge on any atom is -0.342 e. The Morgan fingerprint density at radius 3 is 1.91 bits per heavy atom. The van der Waals surface area contributed by atoms with E-state index in [9.17, 15) is 9.59 Å². The molecule has 3 heterocycles. The molecule has 3 fully saturated rings. The molecule has 1 unspecified atom stereocenters. The molecule has 23 heavy (non-hydrogen) atoms. The lowest BCUT2D eigenvalue weighted by atomic mass is 9.94. The summed E-state index contributed by atoms with van der Waals surface area (Å²) in [5.74, 6) is 0.827. The monoisotopic (exact) mass is 321 g/mol. The Bertz CT molecular complexity index is 420. The first-order valence-electron chi connectivity index (χ1n) is 9.48. The molecule has 3 rings (SSSR count). The van der Waals surface area contributed by atoms with Crippen LogP contribution in [0.25, 0.3) is 0 Å². The number of likely N-dealkylation sites (tertiary alicyclic amines) is 3. The molecule has 130 valence electrons. The first-order chi connectivity index (χ1) is 11.2. The fourth-order valence-corrected chi connectivity index (χ4v) is 4.26. The van der Waals surface area contributed by atoms with E-state index in [0.29, 0.717) is 5.91 Å². The van der Waals surface area contributed by atoms with Gasteiger partial charge in [-0.25, -0.2) is 0 Å². The van der Waals surface area contributed by atoms with Crippen molar-refractivity contribution in [2.75, 3.05) is 39.3 Å². The van der Waals surface area contributed by atoms with Gasteiger partial charge in [0, 0.05) is 32.1 Å². The second kappa shape index (κ2) is 7.65. The van der Waals surface area contributed by atoms with Crippen molar-refractivity contribution in [3.63, 3.8) is 0 Å². The highest BCUT2D eigenvalue weighted by molar-refractivity contribution is 5.82. The molecule has 0 aromatic heterocycles. The van der Waals surface area contributed by atoms with Gasteiger partial charge >= 0.3 is 0 Å². The Hall–Kier alpha value is -1.10. The van der Waals surface area contributed by atoms with Gasteiger partial charge in [0.1, 0.15) is 0 Å². The Kier molecular flexibility index (Phi) is 5.57. The van der Waals surface area contributed by atoms with Crippen LogP contribution in [-0.2, 0) is 9.59 Å². The highest BCUT2D eigenvalue weighted by atomic mass is 16.2. The van der Waals surface area contributed by atoms with Crippen LogP contribution in [-0.4, -0.2) is 71.8 Å². The standard InChI is InChI=1S/C18H31N3O2/c1-15(17(22)20-9-3-2-4-10-20)19-13-7-16(8-14-19)18(23)21-11-5-6-12-21/h15-16H,2-14H2,1H3. The van der Waals surface area contributed by atoms with Crippen molar-refractivity contribution in [2.45, 2.75) is 57.9 Å². The largest absolute Gasteiger partial charge is 0.342 e. The molecule has 3 saturated heterocycles. The fraction of sp³-hybridized carbons (Fsp3) is 0.889. The summed E-state index contributed by atoms with van der Waals surface area (Å²) in [7, 11) is 0. The third kappa shape index (κ3) is 3.87. The number of nitrogens with zero attached hydrogens (tertiary/aromatic N) is 3. The number of carbonyl (C=O) groups excluding carboxylic acids is 2. The van der Waals surface area contributed by atoms with Gasteiger partial charge in [-0.05, 0) is 65.0 Å². The van der Waals surface area contributed by atoms with Gasteiger partial charge < -0.3 is 9.80 Å². The highest BCUT2D eigenvalue weighted by Gasteiger charge is 2.33. The molecule has 0 aliphatic carbocycles. The third-order valence-electron chi connectivity index (χ3n) is 5.87. The number of hydrogen-bond donors (Lipinski definition) is 0. The Morgan fingerprint density at radius 2 is 1.30 bits per heavy atom. The molecule has 5 nitrogen and oxygen atoms in total. The van der Waals surface area contributed by atoms with Gasteiger partial charge in [-0.2, -0.15) is 0 Å². The van der Waals surface area contributed by atoms with Gasteiger partial charge in [0.25, 0.3) is 0 Å². The molecule has 5 heteroatoms. The Balaban J connectivity index is 1.47. The molecule has 0 aromatic carbocycles. The molecule has 0 saturated carbocycles. The van der Waals surface area contributed by atoms with Gasteiger partial charge in [-0.1, -0.05) is 0 Å². The second-order valence-corrected chi connectivity index (χ2v) is 7.40. The average Bonchev–Trinajstić information content (AvgIpc) is 3.15. The van der Waals surface area contributed by atoms with Crippen LogP contribution < -0.4 is 0 Å². The summed E-state index contributed by atoms with van der Waals surface area (Å²) in [4.78, 5) is 31.5. The lowest BCUT2D eigenvalue weighted by Gasteiger charge is -2.38. The molecule has 3 aliphatic heterocycles. The van der Waals surface area contributed by atoms with Crippen molar-refractivity contribution in [3.8, 4) is 0 Å². The average molecular weight is 321 g/mol. The van der Waals surface area contributed by atoms with E-state index in [1.807, 2.05) is 16.7 Å². The summed E-state index contributed by atoms with van der Waals surface area (Å²) >= 11 is 0. The van der Waals surface area contributed by atoms with Crippen molar-refractivity contribution >= 4 is 11.8 Å². The molecule has 0 N–H and O–H groups in total. The van der Waals surface area contributed by atoms with Gasteiger partial charge in [0.05, 0.1) is 6.04 Å². The molecule has 0 bridgehead atoms. The van der Waals surface area contributed by atoms with Crippen molar-refractivity contribution in [2.24, 2.45) is 5.92 Å². The van der Waals surface area contributed by atoms with Crippen LogP contribution in [0.5, 0.6) is 0 Å². The van der Waals surface area contributed by atoms with E-state index in [-0.39, 0.29) is 17.9 Å². The quantitative estimate of drug-likeness (QED) is 0.795. The van der Waals surface area contributed by atoms with Crippen molar-refractivity contribution < 1.29 is 9.59 Å². The van der Waals surface area contributed by atoms with E-state index in [1.54, 1.807) is 0 Å². The zero-order valence-electron chi connectivity index (χ0n) is 14.5. The molecule has 0 aromatic rings. The number of amides is 2. The van der Waals surface area contributed by atoms with E-state index < -0.39 is 0 Å². The topological polar surface area (TPSA) is 43.9 Å². The maximum atomic E-state index is 12.6. The van der Waals surface area contributed by atoms with Gasteiger partial charge in [-0.15, -0.1) is 0 Å². The number of hydrogen-bond acceptors (Lipinski definition) is 3. The summed E-state index contributed by atoms with van der Waals surface area (Å²) in [6.45, 7) is 7.54. The van der Waals surface area contributed by atoms with Crippen LogP contribution in [0.4, 0.5) is 0 Å². The minimum absolute atomic E-state index is 0.0315. The summed E-state index contributed by atoms with van der Waals surface area (Å²) < 4.78 is 0. The highest BCUT2D eigenvalue weighted by Crippen LogP contribution is 2.24. The Labute approximate surface area is 140 Å². The Morgan fingerprint density at radius 1 is 0.783 bits per heavy atom. The van der Waals surface area contributed by atoms with E-state index in [0.717, 1.165) is 77.8 Å². The lowest BCUT2D eigenvalue weighted by molar-refractivity contribution is -0.139. The zero-order chi connectivity index (χ0) is 16.2. The van der Waals surface area contributed by atoms with E-state index in [2.05, 4.69) is 4.90 Å². The predicted molar refractivity (Wildman–Crippen MR) is 90.0 cm³/mol. The van der Waals surface area contributed by atoms with E-state index in [1.165, 1.54) is 6.42 Å². The summed E-state index contributed by atoms with van der Waals surface area (Å²) in [5, 5.41) is 0. The van der Waals surface area contributed by atoms with Crippen molar-refractivity contribution in [1.29, 1.82) is 0 Å². The van der Waals surface area contributed by atoms with Crippen LogP contribution in [0, 0.1) is 5.92 Å². The van der Waals surface area contributed by atoms with Gasteiger partial charge in [0.15, 0.2) is 0 Å². The lowest BCUT2D eigenvalue weighted by Crippen LogP contribution is -2.52. The molecule has 3 aliphatic rings. The first-order valence-corrected chi connectivity index (χ1v) is 9.48. The molecule has 2 amide bonds. The maximum absolute atomic E-state index is 12.6.